The van der Waals surface area contributed by atoms with Crippen molar-refractivity contribution in [2.75, 3.05) is 11.5 Å². The molecule has 0 N–H and O–H groups in total. The molecular weight excluding hydrogens is 422 g/mol. The highest BCUT2D eigenvalue weighted by Crippen LogP contribution is 2.23. The Labute approximate surface area is 194 Å². The first kappa shape index (κ1) is 23.3. The van der Waals surface area contributed by atoms with E-state index >= 15 is 0 Å². The summed E-state index contributed by atoms with van der Waals surface area (Å²) in [6.45, 7) is 4.46. The number of carbonyl (C=O) groups is 2. The van der Waals surface area contributed by atoms with Crippen LogP contribution in [0.25, 0.3) is 6.08 Å². The SMILES string of the molecule is CCOC(=O)/C(=C/c1ccc(N(Cc2ccc(Cl)cc2)C(=O)c2ccccc2)cc1)CC. The van der Waals surface area contributed by atoms with E-state index in [2.05, 4.69) is 0 Å². The van der Waals surface area contributed by atoms with Gasteiger partial charge in [0.15, 0.2) is 0 Å². The van der Waals surface area contributed by atoms with Crippen LogP contribution in [0.15, 0.2) is 84.4 Å². The van der Waals surface area contributed by atoms with Gasteiger partial charge in [0, 0.05) is 21.8 Å². The summed E-state index contributed by atoms with van der Waals surface area (Å²) in [4.78, 5) is 27.1. The lowest BCUT2D eigenvalue weighted by Gasteiger charge is -2.23. The summed E-state index contributed by atoms with van der Waals surface area (Å²) in [5.41, 5.74) is 3.83. The van der Waals surface area contributed by atoms with Crippen LogP contribution in [0.1, 0.15) is 41.8 Å². The molecule has 0 saturated carbocycles. The van der Waals surface area contributed by atoms with Gasteiger partial charge in [-0.3, -0.25) is 4.79 Å². The van der Waals surface area contributed by atoms with Crippen LogP contribution in [0, 0.1) is 0 Å². The van der Waals surface area contributed by atoms with Crippen molar-refractivity contribution in [3.63, 3.8) is 0 Å². The Morgan fingerprint density at radius 3 is 2.16 bits per heavy atom. The number of anilines is 1. The highest BCUT2D eigenvalue weighted by Gasteiger charge is 2.18. The van der Waals surface area contributed by atoms with Gasteiger partial charge in [-0.15, -0.1) is 0 Å². The van der Waals surface area contributed by atoms with Crippen molar-refractivity contribution in [3.05, 3.63) is 106 Å². The number of hydrogen-bond donors (Lipinski definition) is 0. The van der Waals surface area contributed by atoms with E-state index in [9.17, 15) is 9.59 Å². The van der Waals surface area contributed by atoms with Gasteiger partial charge < -0.3 is 9.64 Å². The molecule has 0 spiro atoms. The van der Waals surface area contributed by atoms with Gasteiger partial charge in [0.2, 0.25) is 0 Å². The largest absolute Gasteiger partial charge is 0.463 e. The molecule has 3 rings (SSSR count). The van der Waals surface area contributed by atoms with Crippen LogP contribution >= 0.6 is 11.6 Å². The summed E-state index contributed by atoms with van der Waals surface area (Å²) < 4.78 is 5.11. The van der Waals surface area contributed by atoms with Crippen molar-refractivity contribution in [1.29, 1.82) is 0 Å². The van der Waals surface area contributed by atoms with Gasteiger partial charge in [-0.05, 0) is 66.9 Å². The third-order valence-electron chi connectivity index (χ3n) is 4.98. The van der Waals surface area contributed by atoms with E-state index in [1.54, 1.807) is 24.0 Å². The average molecular weight is 448 g/mol. The number of carbonyl (C=O) groups excluding carboxylic acids is 2. The quantitative estimate of drug-likeness (QED) is 0.291. The molecule has 0 fully saturated rings. The van der Waals surface area contributed by atoms with E-state index < -0.39 is 0 Å². The van der Waals surface area contributed by atoms with Gasteiger partial charge in [-0.2, -0.15) is 0 Å². The maximum absolute atomic E-state index is 13.3. The standard InChI is InChI=1S/C27H26ClNO3/c1-3-22(27(31)32-4-2)18-20-12-16-25(17-13-20)29(19-21-10-14-24(28)15-11-21)26(30)23-8-6-5-7-9-23/h5-18H,3-4,19H2,1-2H3/b22-18+. The Hall–Kier alpha value is -3.37. The summed E-state index contributed by atoms with van der Waals surface area (Å²) in [6.07, 6.45) is 2.40. The van der Waals surface area contributed by atoms with Crippen molar-refractivity contribution in [2.45, 2.75) is 26.8 Å². The molecule has 0 bridgehead atoms. The molecule has 0 atom stereocenters. The number of hydrogen-bond acceptors (Lipinski definition) is 3. The van der Waals surface area contributed by atoms with Crippen LogP contribution in [0.5, 0.6) is 0 Å². The second-order valence-corrected chi connectivity index (χ2v) is 7.66. The molecule has 0 aliphatic heterocycles. The maximum atomic E-state index is 13.3. The van der Waals surface area contributed by atoms with Crippen LogP contribution in [0.4, 0.5) is 5.69 Å². The molecule has 1 amide bonds. The van der Waals surface area contributed by atoms with Gasteiger partial charge in [-0.1, -0.05) is 61.0 Å². The van der Waals surface area contributed by atoms with Gasteiger partial charge in [0.25, 0.3) is 5.91 Å². The van der Waals surface area contributed by atoms with Crippen molar-refractivity contribution >= 4 is 35.2 Å². The van der Waals surface area contributed by atoms with E-state index in [0.717, 1.165) is 16.8 Å². The summed E-state index contributed by atoms with van der Waals surface area (Å²) in [5, 5.41) is 0.652. The fraction of sp³-hybridized carbons (Fsp3) is 0.185. The predicted molar refractivity (Wildman–Crippen MR) is 130 cm³/mol. The molecular formula is C27H26ClNO3. The lowest BCUT2D eigenvalue weighted by atomic mass is 10.1. The number of benzene rings is 3. The zero-order valence-electron chi connectivity index (χ0n) is 18.3. The first-order valence-corrected chi connectivity index (χ1v) is 11.0. The lowest BCUT2D eigenvalue weighted by molar-refractivity contribution is -0.138. The third-order valence-corrected chi connectivity index (χ3v) is 5.24. The van der Waals surface area contributed by atoms with Crippen molar-refractivity contribution in [1.82, 2.24) is 0 Å². The summed E-state index contributed by atoms with van der Waals surface area (Å²) in [5.74, 6) is -0.396. The topological polar surface area (TPSA) is 46.6 Å². The van der Waals surface area contributed by atoms with Gasteiger partial charge in [0.05, 0.1) is 13.2 Å². The van der Waals surface area contributed by atoms with Crippen molar-refractivity contribution in [3.8, 4) is 0 Å². The van der Waals surface area contributed by atoms with Gasteiger partial charge in [-0.25, -0.2) is 4.79 Å². The predicted octanol–water partition coefficient (Wildman–Crippen LogP) is 6.54. The number of ether oxygens (including phenoxy) is 1. The molecule has 0 heterocycles. The molecule has 32 heavy (non-hydrogen) atoms. The third kappa shape index (κ3) is 6.08. The van der Waals surface area contributed by atoms with Gasteiger partial charge in [0.1, 0.15) is 0 Å². The summed E-state index contributed by atoms with van der Waals surface area (Å²) in [6, 6.07) is 24.2. The number of amides is 1. The normalized spacial score (nSPS) is 11.2. The Bertz CT molecular complexity index is 1070. The number of rotatable bonds is 8. The molecule has 0 radical (unpaired) electrons. The second kappa shape index (κ2) is 11.3. The molecule has 0 aromatic heterocycles. The minimum Gasteiger partial charge on any atom is -0.463 e. The number of halogens is 1. The molecule has 0 aliphatic rings. The minimum absolute atomic E-state index is 0.0930. The summed E-state index contributed by atoms with van der Waals surface area (Å²) in [7, 11) is 0. The molecule has 4 nitrogen and oxygen atoms in total. The lowest BCUT2D eigenvalue weighted by Crippen LogP contribution is -2.30. The van der Waals surface area contributed by atoms with Crippen LogP contribution < -0.4 is 4.90 Å². The Morgan fingerprint density at radius 1 is 0.906 bits per heavy atom. The van der Waals surface area contributed by atoms with Crippen molar-refractivity contribution in [2.24, 2.45) is 0 Å². The van der Waals surface area contributed by atoms with E-state index in [-0.39, 0.29) is 11.9 Å². The van der Waals surface area contributed by atoms with Crippen molar-refractivity contribution < 1.29 is 14.3 Å². The Kier molecular flexibility index (Phi) is 8.23. The monoisotopic (exact) mass is 447 g/mol. The highest BCUT2D eigenvalue weighted by molar-refractivity contribution is 6.30. The molecule has 5 heteroatoms. The molecule has 164 valence electrons. The minimum atomic E-state index is -0.303. The maximum Gasteiger partial charge on any atom is 0.333 e. The number of nitrogens with zero attached hydrogens (tertiary/aromatic N) is 1. The van der Waals surface area contributed by atoms with Gasteiger partial charge >= 0.3 is 5.97 Å². The first-order chi connectivity index (χ1) is 15.5. The highest BCUT2D eigenvalue weighted by atomic mass is 35.5. The van der Waals surface area contributed by atoms with E-state index in [4.69, 9.17) is 16.3 Å². The number of esters is 1. The molecule has 0 saturated heterocycles. The van der Waals surface area contributed by atoms with E-state index in [0.29, 0.717) is 35.7 Å². The molecule has 0 aliphatic carbocycles. The summed E-state index contributed by atoms with van der Waals surface area (Å²) >= 11 is 6.02. The Balaban J connectivity index is 1.91. The van der Waals surface area contributed by atoms with E-state index in [1.165, 1.54) is 0 Å². The molecule has 3 aromatic rings. The second-order valence-electron chi connectivity index (χ2n) is 7.22. The van der Waals surface area contributed by atoms with Crippen LogP contribution in [0.3, 0.4) is 0 Å². The molecule has 0 unspecified atom stereocenters. The van der Waals surface area contributed by atoms with Crippen LogP contribution in [-0.4, -0.2) is 18.5 Å². The van der Waals surface area contributed by atoms with Crippen LogP contribution in [-0.2, 0) is 16.1 Å². The molecule has 3 aromatic carbocycles. The van der Waals surface area contributed by atoms with Crippen LogP contribution in [0.2, 0.25) is 5.02 Å². The average Bonchev–Trinajstić information content (AvgIpc) is 2.83. The first-order valence-electron chi connectivity index (χ1n) is 10.6. The fourth-order valence-corrected chi connectivity index (χ4v) is 3.40. The fourth-order valence-electron chi connectivity index (χ4n) is 3.27. The zero-order chi connectivity index (χ0) is 22.9. The zero-order valence-corrected chi connectivity index (χ0v) is 19.0. The Morgan fingerprint density at radius 2 is 1.56 bits per heavy atom. The smallest absolute Gasteiger partial charge is 0.333 e. The van der Waals surface area contributed by atoms with E-state index in [1.807, 2.05) is 79.7 Å².